The van der Waals surface area contributed by atoms with Crippen LogP contribution in [0, 0.1) is 0 Å². The second-order valence-electron chi connectivity index (χ2n) is 6.24. The minimum absolute atomic E-state index is 0.817. The third kappa shape index (κ3) is 4.55. The Kier molecular flexibility index (Phi) is 6.50. The molecule has 2 heteroatoms. The second kappa shape index (κ2) is 8.16. The van der Waals surface area contributed by atoms with Gasteiger partial charge in [-0.2, -0.15) is 0 Å². The molecule has 1 saturated heterocycles. The molecule has 2 rings (SSSR count). The van der Waals surface area contributed by atoms with Gasteiger partial charge in [-0.05, 0) is 38.6 Å². The summed E-state index contributed by atoms with van der Waals surface area (Å²) in [5.74, 6) is 0. The number of hydrogen-bond acceptors (Lipinski definition) is 2. The van der Waals surface area contributed by atoms with Crippen LogP contribution < -0.4 is 5.32 Å². The van der Waals surface area contributed by atoms with E-state index in [2.05, 4.69) is 17.1 Å². The summed E-state index contributed by atoms with van der Waals surface area (Å²) < 4.78 is 0. The van der Waals surface area contributed by atoms with Crippen molar-refractivity contribution < 1.29 is 0 Å². The van der Waals surface area contributed by atoms with Gasteiger partial charge >= 0.3 is 0 Å². The highest BCUT2D eigenvalue weighted by Crippen LogP contribution is 2.19. The Hall–Kier alpha value is -0.0800. The van der Waals surface area contributed by atoms with E-state index in [9.17, 15) is 0 Å². The molecule has 106 valence electrons. The van der Waals surface area contributed by atoms with Crippen molar-refractivity contribution in [2.75, 3.05) is 19.6 Å². The highest BCUT2D eigenvalue weighted by Gasteiger charge is 2.20. The molecule has 0 spiro atoms. The Morgan fingerprint density at radius 3 is 2.39 bits per heavy atom. The molecule has 0 radical (unpaired) electrons. The van der Waals surface area contributed by atoms with E-state index in [4.69, 9.17) is 0 Å². The maximum absolute atomic E-state index is 3.81. The molecule has 1 aliphatic heterocycles. The normalized spacial score (nSPS) is 28.2. The zero-order valence-electron chi connectivity index (χ0n) is 12.3. The van der Waals surface area contributed by atoms with E-state index in [0.29, 0.717) is 0 Å². The Bertz CT molecular complexity index is 209. The lowest BCUT2D eigenvalue weighted by atomic mass is 10.00. The molecule has 1 atom stereocenters. The molecule has 1 aliphatic carbocycles. The van der Waals surface area contributed by atoms with Crippen LogP contribution in [0.25, 0.3) is 0 Å². The van der Waals surface area contributed by atoms with Gasteiger partial charge < -0.3 is 5.32 Å². The summed E-state index contributed by atoms with van der Waals surface area (Å²) >= 11 is 0. The van der Waals surface area contributed by atoms with E-state index in [1.165, 1.54) is 83.8 Å². The molecular weight excluding hydrogens is 220 g/mol. The van der Waals surface area contributed by atoms with Gasteiger partial charge in [-0.25, -0.2) is 0 Å². The van der Waals surface area contributed by atoms with E-state index < -0.39 is 0 Å². The van der Waals surface area contributed by atoms with Gasteiger partial charge in [0.25, 0.3) is 0 Å². The van der Waals surface area contributed by atoms with Crippen molar-refractivity contribution in [1.82, 2.24) is 10.2 Å². The van der Waals surface area contributed by atoms with Crippen LogP contribution in [0.1, 0.15) is 71.1 Å². The third-order valence-electron chi connectivity index (χ3n) is 4.91. The van der Waals surface area contributed by atoms with Crippen molar-refractivity contribution in [3.63, 3.8) is 0 Å². The summed E-state index contributed by atoms with van der Waals surface area (Å²) in [4.78, 5) is 2.73. The Labute approximate surface area is 114 Å². The van der Waals surface area contributed by atoms with Crippen LogP contribution in [-0.2, 0) is 0 Å². The number of hydrogen-bond donors (Lipinski definition) is 1. The van der Waals surface area contributed by atoms with Crippen molar-refractivity contribution in [2.24, 2.45) is 0 Å². The van der Waals surface area contributed by atoms with E-state index >= 15 is 0 Å². The molecule has 1 heterocycles. The molecule has 0 aromatic carbocycles. The molecular formula is C16H32N2. The van der Waals surface area contributed by atoms with Gasteiger partial charge in [0, 0.05) is 25.2 Å². The van der Waals surface area contributed by atoms with Crippen LogP contribution in [0.5, 0.6) is 0 Å². The average Bonchev–Trinajstić information content (AvgIpc) is 2.68. The number of nitrogens with zero attached hydrogens (tertiary/aromatic N) is 1. The van der Waals surface area contributed by atoms with Crippen molar-refractivity contribution >= 4 is 0 Å². The third-order valence-corrected chi connectivity index (χ3v) is 4.91. The molecule has 1 unspecified atom stereocenters. The molecule has 0 aromatic heterocycles. The highest BCUT2D eigenvalue weighted by molar-refractivity contribution is 4.77. The number of piperidine rings is 1. The van der Waals surface area contributed by atoms with E-state index in [-0.39, 0.29) is 0 Å². The predicted molar refractivity (Wildman–Crippen MR) is 79.0 cm³/mol. The van der Waals surface area contributed by atoms with Crippen molar-refractivity contribution in [3.8, 4) is 0 Å². The lowest BCUT2D eigenvalue weighted by Gasteiger charge is -2.35. The van der Waals surface area contributed by atoms with Crippen LogP contribution >= 0.6 is 0 Å². The minimum atomic E-state index is 0.817. The van der Waals surface area contributed by atoms with Gasteiger partial charge in [-0.15, -0.1) is 0 Å². The zero-order valence-corrected chi connectivity index (χ0v) is 12.3. The van der Waals surface area contributed by atoms with Gasteiger partial charge in [0.15, 0.2) is 0 Å². The molecule has 2 aliphatic rings. The first kappa shape index (κ1) is 14.3. The maximum Gasteiger partial charge on any atom is 0.0110 e. The molecule has 1 N–H and O–H groups in total. The number of likely N-dealkylation sites (tertiary alicyclic amines) is 1. The van der Waals surface area contributed by atoms with E-state index in [0.717, 1.165) is 12.1 Å². The highest BCUT2D eigenvalue weighted by atomic mass is 15.2. The minimum Gasteiger partial charge on any atom is -0.313 e. The maximum atomic E-state index is 3.81. The number of nitrogens with one attached hydrogen (secondary N) is 1. The summed E-state index contributed by atoms with van der Waals surface area (Å²) in [7, 11) is 0. The lowest BCUT2D eigenvalue weighted by Crippen LogP contribution is -2.44. The van der Waals surface area contributed by atoms with Gasteiger partial charge in [0.05, 0.1) is 0 Å². The summed E-state index contributed by atoms with van der Waals surface area (Å²) in [6.07, 6.45) is 14.3. The predicted octanol–water partition coefficient (Wildman–Crippen LogP) is 3.56. The zero-order chi connectivity index (χ0) is 12.6. The fraction of sp³-hybridized carbons (Fsp3) is 1.00. The average molecular weight is 252 g/mol. The van der Waals surface area contributed by atoms with Crippen molar-refractivity contribution in [1.29, 1.82) is 0 Å². The molecule has 0 bridgehead atoms. The Morgan fingerprint density at radius 2 is 1.67 bits per heavy atom. The summed E-state index contributed by atoms with van der Waals surface area (Å²) in [5, 5.41) is 3.81. The van der Waals surface area contributed by atoms with Gasteiger partial charge in [-0.3, -0.25) is 4.90 Å². The lowest BCUT2D eigenvalue weighted by molar-refractivity contribution is 0.143. The van der Waals surface area contributed by atoms with Gasteiger partial charge in [0.2, 0.25) is 0 Å². The molecule has 2 fully saturated rings. The van der Waals surface area contributed by atoms with Gasteiger partial charge in [-0.1, -0.05) is 39.0 Å². The second-order valence-corrected chi connectivity index (χ2v) is 6.24. The molecule has 0 aromatic rings. The van der Waals surface area contributed by atoms with Crippen LogP contribution in [0.4, 0.5) is 0 Å². The first-order valence-electron chi connectivity index (χ1n) is 8.37. The van der Waals surface area contributed by atoms with Crippen LogP contribution in [0.2, 0.25) is 0 Å². The fourth-order valence-electron chi connectivity index (χ4n) is 3.71. The summed E-state index contributed by atoms with van der Waals surface area (Å²) in [6, 6.07) is 1.69. The van der Waals surface area contributed by atoms with Gasteiger partial charge in [0.1, 0.15) is 0 Å². The standard InChI is InChI=1S/C16H32N2/c1-2-16-11-7-8-13-18(16)14-12-17-15-9-5-3-4-6-10-15/h15-17H,2-14H2,1H3. The Balaban J connectivity index is 1.63. The topological polar surface area (TPSA) is 15.3 Å². The molecule has 0 amide bonds. The van der Waals surface area contributed by atoms with Crippen molar-refractivity contribution in [2.45, 2.75) is 83.2 Å². The molecule has 1 saturated carbocycles. The van der Waals surface area contributed by atoms with Crippen LogP contribution in [0.15, 0.2) is 0 Å². The van der Waals surface area contributed by atoms with E-state index in [1.807, 2.05) is 0 Å². The quantitative estimate of drug-likeness (QED) is 0.753. The van der Waals surface area contributed by atoms with Crippen LogP contribution in [-0.4, -0.2) is 36.6 Å². The number of rotatable bonds is 5. The van der Waals surface area contributed by atoms with E-state index in [1.54, 1.807) is 0 Å². The Morgan fingerprint density at radius 1 is 0.944 bits per heavy atom. The SMILES string of the molecule is CCC1CCCCN1CCNC1CCCCCC1. The monoisotopic (exact) mass is 252 g/mol. The fourth-order valence-corrected chi connectivity index (χ4v) is 3.71. The first-order valence-corrected chi connectivity index (χ1v) is 8.37. The molecule has 18 heavy (non-hydrogen) atoms. The summed E-state index contributed by atoms with van der Waals surface area (Å²) in [6.45, 7) is 6.17. The largest absolute Gasteiger partial charge is 0.313 e. The molecule has 2 nitrogen and oxygen atoms in total. The first-order chi connectivity index (χ1) is 8.90. The summed E-state index contributed by atoms with van der Waals surface area (Å²) in [5.41, 5.74) is 0. The van der Waals surface area contributed by atoms with Crippen molar-refractivity contribution in [3.05, 3.63) is 0 Å². The smallest absolute Gasteiger partial charge is 0.0110 e. The van der Waals surface area contributed by atoms with Crippen LogP contribution in [0.3, 0.4) is 0 Å².